The maximum Gasteiger partial charge on any atom is 0.335 e. The first-order chi connectivity index (χ1) is 11.1. The van der Waals surface area contributed by atoms with E-state index >= 15 is 0 Å². The van der Waals surface area contributed by atoms with Crippen LogP contribution in [0.5, 0.6) is 0 Å². The Hall–Kier alpha value is -3.14. The molecule has 0 saturated heterocycles. The van der Waals surface area contributed by atoms with Crippen LogP contribution in [0.3, 0.4) is 0 Å². The first-order valence-electron chi connectivity index (χ1n) is 7.15. The van der Waals surface area contributed by atoms with Gasteiger partial charge in [0, 0.05) is 30.6 Å². The van der Waals surface area contributed by atoms with E-state index in [2.05, 4.69) is 0 Å². The summed E-state index contributed by atoms with van der Waals surface area (Å²) < 4.78 is 1.81. The number of carboxylic acid groups (broad SMARTS) is 1. The SMILES string of the molecule is Cn1cc(-c2ccccc2)c(=O)c(-c2cccc(C(=O)O)c2)c1. The van der Waals surface area contributed by atoms with Crippen LogP contribution in [0.2, 0.25) is 0 Å². The smallest absolute Gasteiger partial charge is 0.335 e. The summed E-state index contributed by atoms with van der Waals surface area (Å²) >= 11 is 0. The van der Waals surface area contributed by atoms with Crippen molar-refractivity contribution in [1.29, 1.82) is 0 Å². The van der Waals surface area contributed by atoms with Crippen molar-refractivity contribution in [2.24, 2.45) is 7.05 Å². The van der Waals surface area contributed by atoms with Gasteiger partial charge in [-0.2, -0.15) is 0 Å². The molecule has 0 fully saturated rings. The molecule has 0 radical (unpaired) electrons. The van der Waals surface area contributed by atoms with Crippen LogP contribution in [0.15, 0.2) is 71.8 Å². The molecular weight excluding hydrogens is 290 g/mol. The van der Waals surface area contributed by atoms with Gasteiger partial charge in [0.05, 0.1) is 5.56 Å². The Bertz CT molecular complexity index is 927. The Labute approximate surface area is 133 Å². The number of aromatic nitrogens is 1. The number of aryl methyl sites for hydroxylation is 1. The van der Waals surface area contributed by atoms with E-state index in [1.807, 2.05) is 41.9 Å². The molecule has 0 atom stereocenters. The van der Waals surface area contributed by atoms with E-state index in [-0.39, 0.29) is 11.0 Å². The van der Waals surface area contributed by atoms with E-state index in [4.69, 9.17) is 5.11 Å². The van der Waals surface area contributed by atoms with Crippen molar-refractivity contribution in [3.63, 3.8) is 0 Å². The molecule has 0 unspecified atom stereocenters. The van der Waals surface area contributed by atoms with Crippen LogP contribution in [0.25, 0.3) is 22.3 Å². The second kappa shape index (κ2) is 5.93. The van der Waals surface area contributed by atoms with Crippen LogP contribution in [-0.2, 0) is 7.05 Å². The topological polar surface area (TPSA) is 59.3 Å². The first-order valence-corrected chi connectivity index (χ1v) is 7.15. The second-order valence-electron chi connectivity index (χ2n) is 5.33. The summed E-state index contributed by atoms with van der Waals surface area (Å²) in [6.45, 7) is 0. The number of benzene rings is 2. The summed E-state index contributed by atoms with van der Waals surface area (Å²) in [6.07, 6.45) is 3.50. The minimum Gasteiger partial charge on any atom is -0.478 e. The lowest BCUT2D eigenvalue weighted by Gasteiger charge is -2.09. The monoisotopic (exact) mass is 305 g/mol. The highest BCUT2D eigenvalue weighted by molar-refractivity contribution is 5.89. The average molecular weight is 305 g/mol. The van der Waals surface area contributed by atoms with Crippen LogP contribution in [-0.4, -0.2) is 15.6 Å². The number of pyridine rings is 1. The van der Waals surface area contributed by atoms with Gasteiger partial charge in [-0.25, -0.2) is 4.79 Å². The van der Waals surface area contributed by atoms with Crippen molar-refractivity contribution in [1.82, 2.24) is 4.57 Å². The third-order valence-electron chi connectivity index (χ3n) is 3.66. The molecule has 0 amide bonds. The fourth-order valence-electron chi connectivity index (χ4n) is 2.56. The normalized spacial score (nSPS) is 10.5. The number of hydrogen-bond acceptors (Lipinski definition) is 2. The summed E-state index contributed by atoms with van der Waals surface area (Å²) in [5.41, 5.74) is 2.56. The maximum atomic E-state index is 12.8. The van der Waals surface area contributed by atoms with Gasteiger partial charge in [-0.3, -0.25) is 4.79 Å². The van der Waals surface area contributed by atoms with Crippen LogP contribution in [0, 0.1) is 0 Å². The molecule has 0 bridgehead atoms. The van der Waals surface area contributed by atoms with Crippen molar-refractivity contribution in [3.05, 3.63) is 82.8 Å². The quantitative estimate of drug-likeness (QED) is 0.806. The van der Waals surface area contributed by atoms with Crippen molar-refractivity contribution >= 4 is 5.97 Å². The van der Waals surface area contributed by atoms with E-state index < -0.39 is 5.97 Å². The summed E-state index contributed by atoms with van der Waals surface area (Å²) in [7, 11) is 1.84. The van der Waals surface area contributed by atoms with E-state index in [9.17, 15) is 9.59 Å². The van der Waals surface area contributed by atoms with Gasteiger partial charge in [0.1, 0.15) is 0 Å². The molecule has 4 heteroatoms. The second-order valence-corrected chi connectivity index (χ2v) is 5.33. The van der Waals surface area contributed by atoms with Gasteiger partial charge in [0.2, 0.25) is 0 Å². The van der Waals surface area contributed by atoms with E-state index in [0.717, 1.165) is 5.56 Å². The molecule has 1 aromatic heterocycles. The molecule has 2 aromatic carbocycles. The lowest BCUT2D eigenvalue weighted by atomic mass is 9.99. The van der Waals surface area contributed by atoms with Gasteiger partial charge < -0.3 is 9.67 Å². The Kier molecular flexibility index (Phi) is 3.81. The van der Waals surface area contributed by atoms with Crippen LogP contribution in [0.4, 0.5) is 0 Å². The molecule has 3 rings (SSSR count). The average Bonchev–Trinajstić information content (AvgIpc) is 2.57. The van der Waals surface area contributed by atoms with Crippen molar-refractivity contribution in [2.45, 2.75) is 0 Å². The largest absolute Gasteiger partial charge is 0.478 e. The van der Waals surface area contributed by atoms with Crippen molar-refractivity contribution in [2.75, 3.05) is 0 Å². The highest BCUT2D eigenvalue weighted by Gasteiger charge is 2.12. The highest BCUT2D eigenvalue weighted by atomic mass is 16.4. The molecule has 0 spiro atoms. The number of rotatable bonds is 3. The molecule has 114 valence electrons. The number of hydrogen-bond donors (Lipinski definition) is 1. The van der Waals surface area contributed by atoms with Gasteiger partial charge in [0.25, 0.3) is 0 Å². The molecule has 0 saturated carbocycles. The lowest BCUT2D eigenvalue weighted by Crippen LogP contribution is -2.12. The predicted octanol–water partition coefficient (Wildman–Crippen LogP) is 3.42. The van der Waals surface area contributed by atoms with Crippen molar-refractivity contribution in [3.8, 4) is 22.3 Å². The Balaban J connectivity index is 2.22. The highest BCUT2D eigenvalue weighted by Crippen LogP contribution is 2.21. The number of carbonyl (C=O) groups is 1. The molecule has 0 aliphatic carbocycles. The molecular formula is C19H15NO3. The Morgan fingerprint density at radius 1 is 0.913 bits per heavy atom. The predicted molar refractivity (Wildman–Crippen MR) is 89.5 cm³/mol. The molecule has 0 aliphatic rings. The first kappa shape index (κ1) is 14.8. The number of aromatic carboxylic acids is 1. The zero-order valence-electron chi connectivity index (χ0n) is 12.6. The van der Waals surface area contributed by atoms with Crippen LogP contribution >= 0.6 is 0 Å². The Morgan fingerprint density at radius 3 is 2.17 bits per heavy atom. The van der Waals surface area contributed by atoms with E-state index in [1.54, 1.807) is 24.5 Å². The maximum absolute atomic E-state index is 12.8. The minimum absolute atomic E-state index is 0.114. The summed E-state index contributed by atoms with van der Waals surface area (Å²) in [5, 5.41) is 9.13. The lowest BCUT2D eigenvalue weighted by molar-refractivity contribution is 0.0697. The van der Waals surface area contributed by atoms with Gasteiger partial charge in [0.15, 0.2) is 5.43 Å². The van der Waals surface area contributed by atoms with Gasteiger partial charge in [-0.15, -0.1) is 0 Å². The zero-order valence-corrected chi connectivity index (χ0v) is 12.6. The number of carboxylic acids is 1. The molecule has 4 nitrogen and oxygen atoms in total. The molecule has 1 heterocycles. The van der Waals surface area contributed by atoms with Crippen molar-refractivity contribution < 1.29 is 9.90 Å². The molecule has 23 heavy (non-hydrogen) atoms. The number of nitrogens with zero attached hydrogens (tertiary/aromatic N) is 1. The third-order valence-corrected chi connectivity index (χ3v) is 3.66. The van der Waals surface area contributed by atoms with Gasteiger partial charge in [-0.1, -0.05) is 42.5 Å². The van der Waals surface area contributed by atoms with E-state index in [1.165, 1.54) is 12.1 Å². The van der Waals surface area contributed by atoms with Gasteiger partial charge in [-0.05, 0) is 23.3 Å². The molecule has 1 N–H and O–H groups in total. The van der Waals surface area contributed by atoms with Crippen LogP contribution in [0.1, 0.15) is 10.4 Å². The van der Waals surface area contributed by atoms with E-state index in [0.29, 0.717) is 16.7 Å². The zero-order chi connectivity index (χ0) is 16.4. The third kappa shape index (κ3) is 2.92. The van der Waals surface area contributed by atoms with Crippen LogP contribution < -0.4 is 5.43 Å². The fraction of sp³-hybridized carbons (Fsp3) is 0.0526. The van der Waals surface area contributed by atoms with Gasteiger partial charge >= 0.3 is 5.97 Å². The summed E-state index contributed by atoms with van der Waals surface area (Å²) in [4.78, 5) is 24.0. The molecule has 0 aliphatic heterocycles. The molecule has 3 aromatic rings. The Morgan fingerprint density at radius 2 is 1.52 bits per heavy atom. The summed E-state index contributed by atoms with van der Waals surface area (Å²) in [6, 6.07) is 15.9. The standard InChI is InChI=1S/C19H15NO3/c1-20-11-16(13-6-3-2-4-7-13)18(21)17(12-20)14-8-5-9-15(10-14)19(22)23/h2-12H,1H3,(H,22,23). The summed E-state index contributed by atoms with van der Waals surface area (Å²) in [5.74, 6) is -1.01. The fourth-order valence-corrected chi connectivity index (χ4v) is 2.56. The minimum atomic E-state index is -1.01.